The van der Waals surface area contributed by atoms with Crippen LogP contribution in [0, 0.1) is 5.92 Å². The maximum Gasteiger partial charge on any atom is 0.0838 e. The van der Waals surface area contributed by atoms with Crippen LogP contribution in [0.15, 0.2) is 24.3 Å². The van der Waals surface area contributed by atoms with E-state index in [9.17, 15) is 0 Å². The summed E-state index contributed by atoms with van der Waals surface area (Å²) in [7, 11) is 0. The molecule has 0 bridgehead atoms. The predicted octanol–water partition coefficient (Wildman–Crippen LogP) is 3.56. The first kappa shape index (κ1) is 11.7. The van der Waals surface area contributed by atoms with E-state index in [0.29, 0.717) is 12.0 Å². The van der Waals surface area contributed by atoms with Gasteiger partial charge in [-0.25, -0.2) is 0 Å². The zero-order valence-electron chi connectivity index (χ0n) is 10.8. The van der Waals surface area contributed by atoms with Gasteiger partial charge in [-0.2, -0.15) is 0 Å². The standard InChI is InChI=1S/C15H22O/c1-11(14-10-16-14)9-12-5-7-13(8-6-12)15(2,3)4/h5-8,11,14H,9-10H2,1-4H3. The lowest BCUT2D eigenvalue weighted by Gasteiger charge is -2.19. The van der Waals surface area contributed by atoms with Crippen molar-refractivity contribution in [3.63, 3.8) is 0 Å². The predicted molar refractivity (Wildman–Crippen MR) is 67.8 cm³/mol. The number of epoxide rings is 1. The van der Waals surface area contributed by atoms with Gasteiger partial charge in [0, 0.05) is 0 Å². The van der Waals surface area contributed by atoms with Crippen molar-refractivity contribution in [3.8, 4) is 0 Å². The Labute approximate surface area is 98.8 Å². The molecule has 1 nitrogen and oxygen atoms in total. The van der Waals surface area contributed by atoms with Crippen LogP contribution in [-0.2, 0) is 16.6 Å². The van der Waals surface area contributed by atoms with Crippen LogP contribution in [0.25, 0.3) is 0 Å². The Hall–Kier alpha value is -0.820. The van der Waals surface area contributed by atoms with Gasteiger partial charge < -0.3 is 4.74 Å². The van der Waals surface area contributed by atoms with E-state index in [-0.39, 0.29) is 5.41 Å². The van der Waals surface area contributed by atoms with Gasteiger partial charge in [-0.1, -0.05) is 52.0 Å². The molecule has 0 amide bonds. The molecule has 2 unspecified atom stereocenters. The van der Waals surface area contributed by atoms with Crippen molar-refractivity contribution in [2.75, 3.05) is 6.61 Å². The zero-order chi connectivity index (χ0) is 11.8. The average Bonchev–Trinajstić information content (AvgIpc) is 3.00. The molecule has 1 fully saturated rings. The van der Waals surface area contributed by atoms with Gasteiger partial charge in [0.1, 0.15) is 0 Å². The molecule has 0 spiro atoms. The Balaban J connectivity index is 2.01. The van der Waals surface area contributed by atoms with Crippen molar-refractivity contribution in [3.05, 3.63) is 35.4 Å². The van der Waals surface area contributed by atoms with Crippen LogP contribution < -0.4 is 0 Å². The summed E-state index contributed by atoms with van der Waals surface area (Å²) in [5.74, 6) is 0.653. The highest BCUT2D eigenvalue weighted by molar-refractivity contribution is 5.27. The molecule has 2 atom stereocenters. The number of ether oxygens (including phenoxy) is 1. The third-order valence-electron chi connectivity index (χ3n) is 3.37. The van der Waals surface area contributed by atoms with Crippen molar-refractivity contribution in [2.24, 2.45) is 5.92 Å². The van der Waals surface area contributed by atoms with Crippen molar-refractivity contribution in [1.29, 1.82) is 0 Å². The van der Waals surface area contributed by atoms with Crippen molar-refractivity contribution >= 4 is 0 Å². The van der Waals surface area contributed by atoms with E-state index in [4.69, 9.17) is 4.74 Å². The fraction of sp³-hybridized carbons (Fsp3) is 0.600. The molecular formula is C15H22O. The first-order valence-corrected chi connectivity index (χ1v) is 6.18. The topological polar surface area (TPSA) is 12.5 Å². The van der Waals surface area contributed by atoms with Gasteiger partial charge in [-0.15, -0.1) is 0 Å². The highest BCUT2D eigenvalue weighted by Crippen LogP contribution is 2.26. The summed E-state index contributed by atoms with van der Waals surface area (Å²) < 4.78 is 5.32. The van der Waals surface area contributed by atoms with Crippen molar-refractivity contribution in [1.82, 2.24) is 0 Å². The number of hydrogen-bond donors (Lipinski definition) is 0. The molecule has 0 N–H and O–H groups in total. The molecule has 1 aliphatic rings. The van der Waals surface area contributed by atoms with E-state index in [1.165, 1.54) is 11.1 Å². The van der Waals surface area contributed by atoms with Crippen molar-refractivity contribution < 1.29 is 4.74 Å². The van der Waals surface area contributed by atoms with E-state index in [0.717, 1.165) is 13.0 Å². The molecule has 0 aromatic heterocycles. The summed E-state index contributed by atoms with van der Waals surface area (Å²) in [4.78, 5) is 0. The summed E-state index contributed by atoms with van der Waals surface area (Å²) in [5.41, 5.74) is 3.09. The first-order valence-electron chi connectivity index (χ1n) is 6.18. The van der Waals surface area contributed by atoms with Gasteiger partial charge in [0.25, 0.3) is 0 Å². The second-order valence-corrected chi connectivity index (χ2v) is 6.00. The minimum Gasteiger partial charge on any atom is -0.373 e. The lowest BCUT2D eigenvalue weighted by Crippen LogP contribution is -2.11. The fourth-order valence-corrected chi connectivity index (χ4v) is 2.03. The molecule has 1 heterocycles. The Morgan fingerprint density at radius 1 is 1.25 bits per heavy atom. The quantitative estimate of drug-likeness (QED) is 0.707. The van der Waals surface area contributed by atoms with Crippen LogP contribution in [0.3, 0.4) is 0 Å². The van der Waals surface area contributed by atoms with E-state index in [1.54, 1.807) is 0 Å². The third-order valence-corrected chi connectivity index (χ3v) is 3.37. The Bertz CT molecular complexity index is 341. The first-order chi connectivity index (χ1) is 7.47. The maximum atomic E-state index is 5.32. The van der Waals surface area contributed by atoms with Crippen LogP contribution >= 0.6 is 0 Å². The van der Waals surface area contributed by atoms with Crippen LogP contribution in [0.4, 0.5) is 0 Å². The normalized spacial score (nSPS) is 21.9. The van der Waals surface area contributed by atoms with E-state index in [1.807, 2.05) is 0 Å². The zero-order valence-corrected chi connectivity index (χ0v) is 10.8. The number of benzene rings is 1. The van der Waals surface area contributed by atoms with Gasteiger partial charge in [0.2, 0.25) is 0 Å². The van der Waals surface area contributed by atoms with E-state index >= 15 is 0 Å². The highest BCUT2D eigenvalue weighted by atomic mass is 16.6. The molecular weight excluding hydrogens is 196 g/mol. The molecule has 2 rings (SSSR count). The highest BCUT2D eigenvalue weighted by Gasteiger charge is 2.29. The van der Waals surface area contributed by atoms with Crippen LogP contribution in [-0.4, -0.2) is 12.7 Å². The number of hydrogen-bond acceptors (Lipinski definition) is 1. The molecule has 1 aromatic carbocycles. The summed E-state index contributed by atoms with van der Waals surface area (Å²) in [6, 6.07) is 9.05. The second-order valence-electron chi connectivity index (χ2n) is 6.00. The Kier molecular flexibility index (Phi) is 3.07. The monoisotopic (exact) mass is 218 g/mol. The minimum atomic E-state index is 0.254. The Morgan fingerprint density at radius 3 is 2.25 bits per heavy atom. The largest absolute Gasteiger partial charge is 0.373 e. The lowest BCUT2D eigenvalue weighted by molar-refractivity contribution is 0.341. The molecule has 0 saturated carbocycles. The fourth-order valence-electron chi connectivity index (χ4n) is 2.03. The molecule has 0 aliphatic carbocycles. The molecule has 1 aromatic rings. The second kappa shape index (κ2) is 4.21. The van der Waals surface area contributed by atoms with Crippen LogP contribution in [0.5, 0.6) is 0 Å². The molecule has 0 radical (unpaired) electrons. The third kappa shape index (κ3) is 2.85. The van der Waals surface area contributed by atoms with Gasteiger partial charge >= 0.3 is 0 Å². The summed E-state index contributed by atoms with van der Waals surface area (Å²) in [6.07, 6.45) is 1.65. The molecule has 88 valence electrons. The number of rotatable bonds is 3. The van der Waals surface area contributed by atoms with E-state index < -0.39 is 0 Å². The summed E-state index contributed by atoms with van der Waals surface area (Å²) in [5, 5.41) is 0. The SMILES string of the molecule is CC(Cc1ccc(C(C)(C)C)cc1)C1CO1. The van der Waals surface area contributed by atoms with E-state index in [2.05, 4.69) is 52.0 Å². The molecule has 1 saturated heterocycles. The molecule has 1 heteroatoms. The van der Waals surface area contributed by atoms with Gasteiger partial charge in [0.15, 0.2) is 0 Å². The van der Waals surface area contributed by atoms with Crippen LogP contribution in [0.1, 0.15) is 38.8 Å². The lowest BCUT2D eigenvalue weighted by atomic mass is 9.86. The summed E-state index contributed by atoms with van der Waals surface area (Å²) in [6.45, 7) is 9.99. The van der Waals surface area contributed by atoms with Crippen LogP contribution in [0.2, 0.25) is 0 Å². The Morgan fingerprint density at radius 2 is 1.81 bits per heavy atom. The average molecular weight is 218 g/mol. The van der Waals surface area contributed by atoms with Crippen molar-refractivity contribution in [2.45, 2.75) is 45.6 Å². The molecule has 16 heavy (non-hydrogen) atoms. The maximum absolute atomic E-state index is 5.32. The van der Waals surface area contributed by atoms with Gasteiger partial charge in [0.05, 0.1) is 12.7 Å². The van der Waals surface area contributed by atoms with Gasteiger partial charge in [-0.3, -0.25) is 0 Å². The minimum absolute atomic E-state index is 0.254. The van der Waals surface area contributed by atoms with Gasteiger partial charge in [-0.05, 0) is 28.9 Å². The molecule has 1 aliphatic heterocycles. The smallest absolute Gasteiger partial charge is 0.0838 e. The summed E-state index contributed by atoms with van der Waals surface area (Å²) >= 11 is 0.